The molecule has 0 atom stereocenters. The number of halogens is 1. The van der Waals surface area contributed by atoms with Gasteiger partial charge in [-0.3, -0.25) is 0 Å². The monoisotopic (exact) mass is 238 g/mol. The number of hydrogen-bond acceptors (Lipinski definition) is 4. The molecule has 1 heterocycles. The second-order valence-corrected chi connectivity index (χ2v) is 4.21. The van der Waals surface area contributed by atoms with Crippen molar-refractivity contribution in [1.29, 1.82) is 0 Å². The van der Waals surface area contributed by atoms with E-state index in [1.165, 1.54) is 6.07 Å². The number of phenolic OH excluding ortho intramolecular Hbond substituents is 1. The molecule has 0 saturated carbocycles. The summed E-state index contributed by atoms with van der Waals surface area (Å²) in [6.45, 7) is 3.93. The van der Waals surface area contributed by atoms with Crippen LogP contribution in [0, 0.1) is 0 Å². The molecule has 4 nitrogen and oxygen atoms in total. The molecule has 2 aromatic rings. The van der Waals surface area contributed by atoms with Crippen LogP contribution in [0.15, 0.2) is 22.7 Å². The van der Waals surface area contributed by atoms with Crippen LogP contribution in [-0.4, -0.2) is 15.2 Å². The van der Waals surface area contributed by atoms with E-state index in [1.54, 1.807) is 12.1 Å². The SMILES string of the molecule is CC(C)c1noc(-c2cc(Cl)ccc2O)n1. The van der Waals surface area contributed by atoms with E-state index in [0.29, 0.717) is 16.4 Å². The lowest BCUT2D eigenvalue weighted by Crippen LogP contribution is -1.89. The lowest BCUT2D eigenvalue weighted by atomic mass is 10.2. The highest BCUT2D eigenvalue weighted by Gasteiger charge is 2.14. The molecule has 0 unspecified atom stereocenters. The van der Waals surface area contributed by atoms with Crippen molar-refractivity contribution in [2.75, 3.05) is 0 Å². The molecule has 16 heavy (non-hydrogen) atoms. The second kappa shape index (κ2) is 4.14. The maximum absolute atomic E-state index is 9.65. The highest BCUT2D eigenvalue weighted by atomic mass is 35.5. The van der Waals surface area contributed by atoms with Gasteiger partial charge in [0, 0.05) is 10.9 Å². The summed E-state index contributed by atoms with van der Waals surface area (Å²) in [5, 5.41) is 14.0. The third-order valence-electron chi connectivity index (χ3n) is 2.15. The molecule has 2 rings (SSSR count). The van der Waals surface area contributed by atoms with Crippen molar-refractivity contribution in [3.8, 4) is 17.2 Å². The maximum atomic E-state index is 9.65. The Hall–Kier alpha value is -1.55. The zero-order valence-corrected chi connectivity index (χ0v) is 9.69. The van der Waals surface area contributed by atoms with Crippen LogP contribution in [0.5, 0.6) is 5.75 Å². The number of benzene rings is 1. The maximum Gasteiger partial charge on any atom is 0.261 e. The summed E-state index contributed by atoms with van der Waals surface area (Å²) in [6.07, 6.45) is 0. The average Bonchev–Trinajstić information content (AvgIpc) is 2.70. The first-order valence-corrected chi connectivity index (χ1v) is 5.28. The standard InChI is InChI=1S/C11H11ClN2O2/c1-6(2)10-13-11(16-14-10)8-5-7(12)3-4-9(8)15/h3-6,15H,1-2H3. The van der Waals surface area contributed by atoms with Crippen LogP contribution in [0.4, 0.5) is 0 Å². The molecule has 1 N–H and O–H groups in total. The highest BCUT2D eigenvalue weighted by molar-refractivity contribution is 6.30. The third-order valence-corrected chi connectivity index (χ3v) is 2.38. The quantitative estimate of drug-likeness (QED) is 0.873. The Morgan fingerprint density at radius 1 is 1.38 bits per heavy atom. The normalized spacial score (nSPS) is 11.0. The Labute approximate surface area is 97.9 Å². The average molecular weight is 239 g/mol. The van der Waals surface area contributed by atoms with Crippen molar-refractivity contribution in [3.05, 3.63) is 29.0 Å². The summed E-state index contributed by atoms with van der Waals surface area (Å²) in [5.74, 6) is 1.14. The number of phenols is 1. The topological polar surface area (TPSA) is 59.2 Å². The van der Waals surface area contributed by atoms with Crippen molar-refractivity contribution in [2.24, 2.45) is 0 Å². The van der Waals surface area contributed by atoms with E-state index in [4.69, 9.17) is 16.1 Å². The first kappa shape index (κ1) is 11.0. The minimum atomic E-state index is 0.0726. The van der Waals surface area contributed by atoms with Crippen molar-refractivity contribution in [1.82, 2.24) is 10.1 Å². The Bertz CT molecular complexity index is 508. The Morgan fingerprint density at radius 2 is 2.12 bits per heavy atom. The molecule has 1 aromatic heterocycles. The lowest BCUT2D eigenvalue weighted by Gasteiger charge is -1.99. The van der Waals surface area contributed by atoms with Gasteiger partial charge in [-0.1, -0.05) is 30.6 Å². The highest BCUT2D eigenvalue weighted by Crippen LogP contribution is 2.30. The van der Waals surface area contributed by atoms with Crippen molar-refractivity contribution in [2.45, 2.75) is 19.8 Å². The van der Waals surface area contributed by atoms with Gasteiger partial charge in [-0.05, 0) is 18.2 Å². The van der Waals surface area contributed by atoms with Crippen LogP contribution in [0.25, 0.3) is 11.5 Å². The van der Waals surface area contributed by atoms with E-state index in [2.05, 4.69) is 10.1 Å². The van der Waals surface area contributed by atoms with Gasteiger partial charge < -0.3 is 9.63 Å². The van der Waals surface area contributed by atoms with Gasteiger partial charge in [0.25, 0.3) is 5.89 Å². The van der Waals surface area contributed by atoms with Gasteiger partial charge in [0.05, 0.1) is 5.56 Å². The van der Waals surface area contributed by atoms with Crippen molar-refractivity contribution in [3.63, 3.8) is 0 Å². The summed E-state index contributed by atoms with van der Waals surface area (Å²) in [7, 11) is 0. The Kier molecular flexibility index (Phi) is 2.83. The molecule has 0 spiro atoms. The summed E-state index contributed by atoms with van der Waals surface area (Å²) in [6, 6.07) is 4.69. The van der Waals surface area contributed by atoms with E-state index < -0.39 is 0 Å². The van der Waals surface area contributed by atoms with Gasteiger partial charge in [0.2, 0.25) is 0 Å². The van der Waals surface area contributed by atoms with Crippen LogP contribution in [0.2, 0.25) is 5.02 Å². The molecule has 0 aliphatic rings. The number of aromatic hydroxyl groups is 1. The van der Waals surface area contributed by atoms with Gasteiger partial charge in [0.1, 0.15) is 5.75 Å². The van der Waals surface area contributed by atoms with Crippen LogP contribution < -0.4 is 0 Å². The number of aromatic nitrogens is 2. The van der Waals surface area contributed by atoms with E-state index in [9.17, 15) is 5.11 Å². The van der Waals surface area contributed by atoms with Gasteiger partial charge in [-0.15, -0.1) is 0 Å². The molecule has 0 amide bonds. The molecular weight excluding hydrogens is 228 g/mol. The summed E-state index contributed by atoms with van der Waals surface area (Å²) < 4.78 is 5.07. The van der Waals surface area contributed by atoms with Gasteiger partial charge >= 0.3 is 0 Å². The number of hydrogen-bond donors (Lipinski definition) is 1. The smallest absolute Gasteiger partial charge is 0.261 e. The minimum absolute atomic E-state index is 0.0726. The van der Waals surface area contributed by atoms with Crippen LogP contribution >= 0.6 is 11.6 Å². The number of nitrogens with zero attached hydrogens (tertiary/aromatic N) is 2. The third kappa shape index (κ3) is 2.02. The fourth-order valence-electron chi connectivity index (χ4n) is 1.26. The van der Waals surface area contributed by atoms with E-state index in [0.717, 1.165) is 0 Å². The molecule has 0 aliphatic heterocycles. The molecule has 0 aliphatic carbocycles. The van der Waals surface area contributed by atoms with Gasteiger partial charge in [-0.2, -0.15) is 4.98 Å². The van der Waals surface area contributed by atoms with E-state index in [1.807, 2.05) is 13.8 Å². The Balaban J connectivity index is 2.46. The van der Waals surface area contributed by atoms with Crippen molar-refractivity contribution >= 4 is 11.6 Å². The molecule has 5 heteroatoms. The Morgan fingerprint density at radius 3 is 2.75 bits per heavy atom. The number of rotatable bonds is 2. The predicted molar refractivity (Wildman–Crippen MR) is 60.5 cm³/mol. The lowest BCUT2D eigenvalue weighted by molar-refractivity contribution is 0.414. The first-order valence-electron chi connectivity index (χ1n) is 4.90. The zero-order valence-electron chi connectivity index (χ0n) is 8.94. The molecule has 84 valence electrons. The first-order chi connectivity index (χ1) is 7.58. The zero-order chi connectivity index (χ0) is 11.7. The minimum Gasteiger partial charge on any atom is -0.507 e. The fourth-order valence-corrected chi connectivity index (χ4v) is 1.43. The van der Waals surface area contributed by atoms with Gasteiger partial charge in [0.15, 0.2) is 5.82 Å². The summed E-state index contributed by atoms with van der Waals surface area (Å²) in [5.41, 5.74) is 0.451. The van der Waals surface area contributed by atoms with E-state index >= 15 is 0 Å². The summed E-state index contributed by atoms with van der Waals surface area (Å²) >= 11 is 5.84. The molecular formula is C11H11ClN2O2. The fraction of sp³-hybridized carbons (Fsp3) is 0.273. The largest absolute Gasteiger partial charge is 0.507 e. The molecule has 0 saturated heterocycles. The van der Waals surface area contributed by atoms with Gasteiger partial charge in [-0.25, -0.2) is 0 Å². The second-order valence-electron chi connectivity index (χ2n) is 3.77. The van der Waals surface area contributed by atoms with Crippen LogP contribution in [0.1, 0.15) is 25.6 Å². The molecule has 0 bridgehead atoms. The van der Waals surface area contributed by atoms with Crippen LogP contribution in [0.3, 0.4) is 0 Å². The summed E-state index contributed by atoms with van der Waals surface area (Å²) in [4.78, 5) is 4.19. The molecule has 0 radical (unpaired) electrons. The molecule has 0 fully saturated rings. The van der Waals surface area contributed by atoms with Crippen molar-refractivity contribution < 1.29 is 9.63 Å². The van der Waals surface area contributed by atoms with Crippen LogP contribution in [-0.2, 0) is 0 Å². The van der Waals surface area contributed by atoms with E-state index in [-0.39, 0.29) is 17.6 Å². The predicted octanol–water partition coefficient (Wildman–Crippen LogP) is 3.22. The molecule has 1 aromatic carbocycles.